The number of hydrogen-bond acceptors (Lipinski definition) is 5. The van der Waals surface area contributed by atoms with Gasteiger partial charge in [-0.3, -0.25) is 4.79 Å². The van der Waals surface area contributed by atoms with Gasteiger partial charge in [0.1, 0.15) is 28.6 Å². The third kappa shape index (κ3) is 1.89. The molecule has 6 nitrogen and oxygen atoms in total. The van der Waals surface area contributed by atoms with Crippen LogP contribution in [0.2, 0.25) is 0 Å². The van der Waals surface area contributed by atoms with Crippen molar-refractivity contribution >= 4 is 38.2 Å². The average molecular weight is 349 g/mol. The molecule has 6 N–H and O–H groups in total. The number of amides is 1. The van der Waals surface area contributed by atoms with Crippen LogP contribution in [-0.2, 0) is 0 Å². The van der Waals surface area contributed by atoms with Crippen LogP contribution in [0.5, 0.6) is 23.0 Å². The molecule has 0 bridgehead atoms. The van der Waals surface area contributed by atoms with E-state index in [-0.39, 0.29) is 22.3 Å². The molecule has 4 aromatic carbocycles. The molecule has 0 saturated carbocycles. The van der Waals surface area contributed by atoms with Crippen LogP contribution in [0.1, 0.15) is 15.9 Å². The molecule has 0 spiro atoms. The lowest BCUT2D eigenvalue weighted by molar-refractivity contribution is 0.0995. The molecule has 0 aromatic heterocycles. The number of rotatable bonds is 1. The number of aromatic hydroxyl groups is 4. The topological polar surface area (TPSA) is 124 Å². The largest absolute Gasteiger partial charge is 0.507 e. The lowest BCUT2D eigenvalue weighted by Gasteiger charge is -2.16. The zero-order valence-electron chi connectivity index (χ0n) is 13.7. The number of phenolic OH excluding ortho intramolecular Hbond substituents is 2. The number of hydrogen-bond donors (Lipinski definition) is 5. The van der Waals surface area contributed by atoms with E-state index in [1.807, 2.05) is 19.1 Å². The van der Waals surface area contributed by atoms with Crippen LogP contribution in [0.25, 0.3) is 32.3 Å². The van der Waals surface area contributed by atoms with Gasteiger partial charge in [-0.05, 0) is 40.8 Å². The number of phenols is 4. The van der Waals surface area contributed by atoms with Gasteiger partial charge < -0.3 is 26.2 Å². The Morgan fingerprint density at radius 1 is 0.846 bits per heavy atom. The molecule has 0 saturated heterocycles. The Morgan fingerprint density at radius 2 is 1.50 bits per heavy atom. The van der Waals surface area contributed by atoms with E-state index in [1.165, 1.54) is 6.07 Å². The van der Waals surface area contributed by atoms with Crippen molar-refractivity contribution in [1.29, 1.82) is 0 Å². The maximum atomic E-state index is 11.5. The first-order valence-electron chi connectivity index (χ1n) is 7.87. The molecule has 4 aromatic rings. The minimum atomic E-state index is -1.03. The summed E-state index contributed by atoms with van der Waals surface area (Å²) in [5.41, 5.74) is 5.55. The summed E-state index contributed by atoms with van der Waals surface area (Å²) in [5, 5.41) is 44.3. The van der Waals surface area contributed by atoms with E-state index in [4.69, 9.17) is 5.73 Å². The first-order valence-corrected chi connectivity index (χ1v) is 7.87. The van der Waals surface area contributed by atoms with Gasteiger partial charge >= 0.3 is 0 Å². The molecule has 0 unspecified atom stereocenters. The number of primary amides is 1. The van der Waals surface area contributed by atoms with Crippen molar-refractivity contribution in [3.63, 3.8) is 0 Å². The number of benzene rings is 4. The zero-order valence-corrected chi connectivity index (χ0v) is 13.7. The van der Waals surface area contributed by atoms with E-state index in [0.29, 0.717) is 16.2 Å². The smallest absolute Gasteiger partial charge is 0.256 e. The zero-order chi connectivity index (χ0) is 18.7. The molecule has 0 atom stereocenters. The van der Waals surface area contributed by atoms with Gasteiger partial charge in [-0.1, -0.05) is 24.3 Å². The van der Waals surface area contributed by atoms with Crippen LogP contribution in [-0.4, -0.2) is 26.3 Å². The third-order valence-electron chi connectivity index (χ3n) is 4.83. The highest BCUT2D eigenvalue weighted by molar-refractivity contribution is 6.18. The van der Waals surface area contributed by atoms with Gasteiger partial charge in [-0.15, -0.1) is 0 Å². The van der Waals surface area contributed by atoms with Crippen LogP contribution >= 0.6 is 0 Å². The van der Waals surface area contributed by atoms with Gasteiger partial charge in [0.15, 0.2) is 0 Å². The quantitative estimate of drug-likeness (QED) is 0.337. The van der Waals surface area contributed by atoms with E-state index in [0.717, 1.165) is 10.9 Å². The molecular weight excluding hydrogens is 334 g/mol. The van der Waals surface area contributed by atoms with Crippen molar-refractivity contribution in [1.82, 2.24) is 0 Å². The minimum Gasteiger partial charge on any atom is -0.507 e. The number of carbonyl (C=O) groups is 1. The summed E-state index contributed by atoms with van der Waals surface area (Å²) in [6, 6.07) is 10.1. The summed E-state index contributed by atoms with van der Waals surface area (Å²) in [4.78, 5) is 11.5. The standard InChI is InChI=1S/C20H15NO5/c1-8-10-4-2-3-5-11(10)17(23)15-12(8)6-9-7-13(22)16(20(21)26)19(25)14(9)18(15)24/h2-7,22-25H,1H3,(H2,21,26). The van der Waals surface area contributed by atoms with Crippen molar-refractivity contribution in [3.05, 3.63) is 47.5 Å². The first-order chi connectivity index (χ1) is 12.3. The Bertz CT molecular complexity index is 1260. The summed E-state index contributed by atoms with van der Waals surface area (Å²) in [6.45, 7) is 1.85. The Hall–Kier alpha value is -3.67. The molecule has 1 amide bonds. The van der Waals surface area contributed by atoms with Gasteiger partial charge in [0.2, 0.25) is 0 Å². The van der Waals surface area contributed by atoms with Crippen LogP contribution in [0.4, 0.5) is 0 Å². The minimum absolute atomic E-state index is 0.0610. The van der Waals surface area contributed by atoms with E-state index in [1.54, 1.807) is 18.2 Å². The molecule has 4 rings (SSSR count). The van der Waals surface area contributed by atoms with E-state index < -0.39 is 23.0 Å². The third-order valence-corrected chi connectivity index (χ3v) is 4.83. The molecule has 0 aliphatic rings. The van der Waals surface area contributed by atoms with Crippen LogP contribution in [0, 0.1) is 6.92 Å². The number of aryl methyl sites for hydroxylation is 1. The summed E-state index contributed by atoms with van der Waals surface area (Å²) in [7, 11) is 0. The van der Waals surface area contributed by atoms with Gasteiger partial charge in [-0.25, -0.2) is 0 Å². The highest BCUT2D eigenvalue weighted by atomic mass is 16.3. The predicted molar refractivity (Wildman–Crippen MR) is 98.9 cm³/mol. The second kappa shape index (κ2) is 5.16. The average Bonchev–Trinajstić information content (AvgIpc) is 2.58. The van der Waals surface area contributed by atoms with Gasteiger partial charge in [-0.2, -0.15) is 0 Å². The second-order valence-corrected chi connectivity index (χ2v) is 6.25. The maximum absolute atomic E-state index is 11.5. The normalized spacial score (nSPS) is 11.4. The monoisotopic (exact) mass is 349 g/mol. The number of fused-ring (bicyclic) bond motifs is 3. The Labute approximate surface area is 147 Å². The summed E-state index contributed by atoms with van der Waals surface area (Å²) < 4.78 is 0. The Morgan fingerprint density at radius 3 is 2.15 bits per heavy atom. The lowest BCUT2D eigenvalue weighted by atomic mass is 9.92. The first kappa shape index (κ1) is 15.8. The summed E-state index contributed by atoms with van der Waals surface area (Å²) >= 11 is 0. The molecule has 6 heteroatoms. The number of carbonyl (C=O) groups excluding carboxylic acids is 1. The van der Waals surface area contributed by atoms with E-state index >= 15 is 0 Å². The summed E-state index contributed by atoms with van der Waals surface area (Å²) in [5.74, 6) is -2.65. The Kier molecular flexibility index (Phi) is 3.14. The number of nitrogens with two attached hydrogens (primary N) is 1. The molecular formula is C20H15NO5. The van der Waals surface area contributed by atoms with Crippen molar-refractivity contribution in [2.45, 2.75) is 6.92 Å². The van der Waals surface area contributed by atoms with Crippen LogP contribution < -0.4 is 5.73 Å². The molecule has 0 radical (unpaired) electrons. The van der Waals surface area contributed by atoms with Gasteiger partial charge in [0, 0.05) is 5.39 Å². The predicted octanol–water partition coefficient (Wildman–Crippen LogP) is 3.38. The fraction of sp³-hybridized carbons (Fsp3) is 0.0500. The Balaban J connectivity index is 2.32. The molecule has 130 valence electrons. The molecule has 0 aliphatic heterocycles. The molecule has 0 fully saturated rings. The summed E-state index contributed by atoms with van der Waals surface area (Å²) in [6.07, 6.45) is 0. The fourth-order valence-electron chi connectivity index (χ4n) is 3.59. The maximum Gasteiger partial charge on any atom is 0.256 e. The van der Waals surface area contributed by atoms with Crippen LogP contribution in [0.15, 0.2) is 36.4 Å². The van der Waals surface area contributed by atoms with Crippen LogP contribution in [0.3, 0.4) is 0 Å². The second-order valence-electron chi connectivity index (χ2n) is 6.25. The molecule has 0 aliphatic carbocycles. The van der Waals surface area contributed by atoms with Crippen molar-refractivity contribution in [3.8, 4) is 23.0 Å². The molecule has 0 heterocycles. The highest BCUT2D eigenvalue weighted by Gasteiger charge is 2.23. The van der Waals surface area contributed by atoms with Crippen molar-refractivity contribution in [2.24, 2.45) is 5.73 Å². The highest BCUT2D eigenvalue weighted by Crippen LogP contribution is 2.48. The lowest BCUT2D eigenvalue weighted by Crippen LogP contribution is -2.11. The van der Waals surface area contributed by atoms with E-state index in [2.05, 4.69) is 0 Å². The SMILES string of the molecule is Cc1c2ccccc2c(O)c2c(O)c3c(O)c(C(N)=O)c(O)cc3cc12. The van der Waals surface area contributed by atoms with Crippen molar-refractivity contribution in [2.75, 3.05) is 0 Å². The van der Waals surface area contributed by atoms with Gasteiger partial charge in [0.05, 0.1) is 10.8 Å². The van der Waals surface area contributed by atoms with Gasteiger partial charge in [0.25, 0.3) is 5.91 Å². The molecule has 26 heavy (non-hydrogen) atoms. The fourth-order valence-corrected chi connectivity index (χ4v) is 3.59. The van der Waals surface area contributed by atoms with Crippen molar-refractivity contribution < 1.29 is 25.2 Å². The van der Waals surface area contributed by atoms with E-state index in [9.17, 15) is 25.2 Å².